The molecule has 0 spiro atoms. The molecule has 0 amide bonds. The standard InChI is InChI=1S/C33H38N2/c1-3-28-22-26(20-24-10-16-32(34)17-11-24)8-14-30(28)6-5-7-31-15-9-27(23-29(31)4-2)21-25-12-18-33(35)19-13-25/h8-19,22-23H,3-7,20-21,34-35H2,1-2H3. The first-order valence-electron chi connectivity index (χ1n) is 12.9. The van der Waals surface area contributed by atoms with E-state index in [0.29, 0.717) is 0 Å². The number of aryl methyl sites for hydroxylation is 4. The molecular formula is C33H38N2. The molecule has 4 aromatic rings. The van der Waals surface area contributed by atoms with Crippen LogP contribution in [-0.4, -0.2) is 0 Å². The van der Waals surface area contributed by atoms with Crippen LogP contribution in [0.1, 0.15) is 64.8 Å². The molecule has 0 aliphatic rings. The van der Waals surface area contributed by atoms with Crippen molar-refractivity contribution in [3.05, 3.63) is 129 Å². The zero-order valence-electron chi connectivity index (χ0n) is 21.2. The fourth-order valence-corrected chi connectivity index (χ4v) is 4.94. The first-order chi connectivity index (χ1) is 17.0. The fraction of sp³-hybridized carbons (Fsp3) is 0.273. The van der Waals surface area contributed by atoms with Crippen molar-refractivity contribution in [1.29, 1.82) is 0 Å². The average Bonchev–Trinajstić information content (AvgIpc) is 2.88. The highest BCUT2D eigenvalue weighted by molar-refractivity contribution is 5.43. The Bertz CT molecular complexity index is 1140. The van der Waals surface area contributed by atoms with E-state index in [1.165, 1.54) is 50.9 Å². The zero-order chi connectivity index (χ0) is 24.6. The Hall–Kier alpha value is -3.52. The predicted octanol–water partition coefficient (Wildman–Crippen LogP) is 7.33. The van der Waals surface area contributed by atoms with Crippen LogP contribution in [0.4, 0.5) is 11.4 Å². The van der Waals surface area contributed by atoms with Gasteiger partial charge in [0.25, 0.3) is 0 Å². The van der Waals surface area contributed by atoms with Crippen LogP contribution in [0, 0.1) is 0 Å². The van der Waals surface area contributed by atoms with Crippen molar-refractivity contribution in [2.45, 2.75) is 58.8 Å². The van der Waals surface area contributed by atoms with Gasteiger partial charge in [-0.1, -0.05) is 74.5 Å². The first kappa shape index (κ1) is 24.6. The lowest BCUT2D eigenvalue weighted by molar-refractivity contribution is 0.800. The van der Waals surface area contributed by atoms with Crippen LogP contribution in [-0.2, 0) is 38.5 Å². The van der Waals surface area contributed by atoms with Crippen LogP contribution in [0.2, 0.25) is 0 Å². The minimum atomic E-state index is 0.820. The average molecular weight is 463 g/mol. The third-order valence-electron chi connectivity index (χ3n) is 6.97. The molecule has 4 aromatic carbocycles. The highest BCUT2D eigenvalue weighted by atomic mass is 14.5. The SMILES string of the molecule is CCc1cc(Cc2ccc(N)cc2)ccc1CCCc1ccc(Cc2ccc(N)cc2)cc1CC. The highest BCUT2D eigenvalue weighted by Gasteiger charge is 2.07. The largest absolute Gasteiger partial charge is 0.399 e. The molecule has 4 rings (SSSR count). The molecule has 0 atom stereocenters. The summed E-state index contributed by atoms with van der Waals surface area (Å²) in [6, 6.07) is 30.5. The van der Waals surface area contributed by atoms with E-state index in [9.17, 15) is 0 Å². The molecule has 2 heteroatoms. The third-order valence-corrected chi connectivity index (χ3v) is 6.97. The lowest BCUT2D eigenvalue weighted by Gasteiger charge is -2.13. The Kier molecular flexibility index (Phi) is 8.26. The molecule has 0 saturated heterocycles. The number of anilines is 2. The van der Waals surface area contributed by atoms with Crippen molar-refractivity contribution >= 4 is 11.4 Å². The Labute approximate surface area is 211 Å². The second kappa shape index (κ2) is 11.8. The van der Waals surface area contributed by atoms with E-state index in [0.717, 1.165) is 49.9 Å². The Morgan fingerprint density at radius 1 is 0.457 bits per heavy atom. The van der Waals surface area contributed by atoms with Gasteiger partial charge in [-0.25, -0.2) is 0 Å². The van der Waals surface area contributed by atoms with Gasteiger partial charge in [-0.2, -0.15) is 0 Å². The van der Waals surface area contributed by atoms with Crippen molar-refractivity contribution < 1.29 is 0 Å². The molecule has 0 aromatic heterocycles. The van der Waals surface area contributed by atoms with Crippen molar-refractivity contribution in [3.8, 4) is 0 Å². The van der Waals surface area contributed by atoms with Gasteiger partial charge in [-0.3, -0.25) is 0 Å². The molecule has 180 valence electrons. The Balaban J connectivity index is 1.37. The van der Waals surface area contributed by atoms with Crippen LogP contribution in [0.3, 0.4) is 0 Å². The number of nitrogens with two attached hydrogens (primary N) is 2. The van der Waals surface area contributed by atoms with E-state index >= 15 is 0 Å². The molecular weight excluding hydrogens is 424 g/mol. The summed E-state index contributed by atoms with van der Waals surface area (Å²) in [7, 11) is 0. The number of benzene rings is 4. The van der Waals surface area contributed by atoms with Gasteiger partial charge < -0.3 is 11.5 Å². The summed E-state index contributed by atoms with van der Waals surface area (Å²) < 4.78 is 0. The van der Waals surface area contributed by atoms with Crippen LogP contribution in [0.5, 0.6) is 0 Å². The van der Waals surface area contributed by atoms with Crippen molar-refractivity contribution in [2.24, 2.45) is 0 Å². The quantitative estimate of drug-likeness (QED) is 0.242. The molecule has 0 unspecified atom stereocenters. The summed E-state index contributed by atoms with van der Waals surface area (Å²) in [5, 5.41) is 0. The lowest BCUT2D eigenvalue weighted by Crippen LogP contribution is -2.00. The fourth-order valence-electron chi connectivity index (χ4n) is 4.94. The van der Waals surface area contributed by atoms with E-state index in [2.05, 4.69) is 74.5 Å². The van der Waals surface area contributed by atoms with Gasteiger partial charge in [-0.15, -0.1) is 0 Å². The topological polar surface area (TPSA) is 52.0 Å². The summed E-state index contributed by atoms with van der Waals surface area (Å²) in [6.07, 6.45) is 7.49. The molecule has 4 N–H and O–H groups in total. The van der Waals surface area contributed by atoms with Gasteiger partial charge in [0, 0.05) is 11.4 Å². The smallest absolute Gasteiger partial charge is 0.0314 e. The molecule has 0 saturated carbocycles. The summed E-state index contributed by atoms with van der Waals surface area (Å²) in [6.45, 7) is 4.53. The maximum atomic E-state index is 5.83. The minimum absolute atomic E-state index is 0.820. The van der Waals surface area contributed by atoms with Crippen molar-refractivity contribution in [1.82, 2.24) is 0 Å². The first-order valence-corrected chi connectivity index (χ1v) is 12.9. The van der Waals surface area contributed by atoms with E-state index in [1.54, 1.807) is 0 Å². The Morgan fingerprint density at radius 2 is 0.829 bits per heavy atom. The number of hydrogen-bond acceptors (Lipinski definition) is 2. The molecule has 0 heterocycles. The maximum Gasteiger partial charge on any atom is 0.0314 e. The van der Waals surface area contributed by atoms with Gasteiger partial charge in [0.1, 0.15) is 0 Å². The van der Waals surface area contributed by atoms with Crippen LogP contribution >= 0.6 is 0 Å². The van der Waals surface area contributed by atoms with Crippen LogP contribution < -0.4 is 11.5 Å². The maximum absolute atomic E-state index is 5.83. The molecule has 0 aliphatic heterocycles. The molecule has 2 nitrogen and oxygen atoms in total. The summed E-state index contributed by atoms with van der Waals surface area (Å²) in [4.78, 5) is 0. The molecule has 0 aliphatic carbocycles. The predicted molar refractivity (Wildman–Crippen MR) is 151 cm³/mol. The van der Waals surface area contributed by atoms with Crippen molar-refractivity contribution in [3.63, 3.8) is 0 Å². The van der Waals surface area contributed by atoms with E-state index < -0.39 is 0 Å². The van der Waals surface area contributed by atoms with Gasteiger partial charge in [0.05, 0.1) is 0 Å². The van der Waals surface area contributed by atoms with Crippen LogP contribution in [0.25, 0.3) is 0 Å². The van der Waals surface area contributed by atoms with Gasteiger partial charge in [0.2, 0.25) is 0 Å². The second-order valence-corrected chi connectivity index (χ2v) is 9.60. The molecule has 35 heavy (non-hydrogen) atoms. The molecule has 0 radical (unpaired) electrons. The second-order valence-electron chi connectivity index (χ2n) is 9.60. The Morgan fingerprint density at radius 3 is 1.20 bits per heavy atom. The van der Waals surface area contributed by atoms with E-state index in [-0.39, 0.29) is 0 Å². The summed E-state index contributed by atoms with van der Waals surface area (Å²) in [5.74, 6) is 0. The van der Waals surface area contributed by atoms with Gasteiger partial charge in [0.15, 0.2) is 0 Å². The van der Waals surface area contributed by atoms with Gasteiger partial charge in [-0.05, 0) is 114 Å². The zero-order valence-corrected chi connectivity index (χ0v) is 21.2. The normalized spacial score (nSPS) is 11.0. The monoisotopic (exact) mass is 462 g/mol. The van der Waals surface area contributed by atoms with E-state index in [1.807, 2.05) is 24.3 Å². The molecule has 0 fully saturated rings. The van der Waals surface area contributed by atoms with Crippen molar-refractivity contribution in [2.75, 3.05) is 11.5 Å². The van der Waals surface area contributed by atoms with Gasteiger partial charge >= 0.3 is 0 Å². The number of rotatable bonds is 10. The van der Waals surface area contributed by atoms with Crippen LogP contribution in [0.15, 0.2) is 84.9 Å². The third kappa shape index (κ3) is 6.76. The molecule has 0 bridgehead atoms. The summed E-state index contributed by atoms with van der Waals surface area (Å²) >= 11 is 0. The summed E-state index contributed by atoms with van der Waals surface area (Å²) in [5.41, 5.74) is 24.6. The lowest BCUT2D eigenvalue weighted by atomic mass is 9.92. The highest BCUT2D eigenvalue weighted by Crippen LogP contribution is 2.22. The minimum Gasteiger partial charge on any atom is -0.399 e. The van der Waals surface area contributed by atoms with E-state index in [4.69, 9.17) is 11.5 Å². The number of hydrogen-bond donors (Lipinski definition) is 2. The number of nitrogen functional groups attached to an aromatic ring is 2.